The van der Waals surface area contributed by atoms with E-state index in [-0.39, 0.29) is 11.9 Å². The van der Waals surface area contributed by atoms with E-state index in [4.69, 9.17) is 4.42 Å². The quantitative estimate of drug-likeness (QED) is 0.718. The van der Waals surface area contributed by atoms with E-state index < -0.39 is 0 Å². The van der Waals surface area contributed by atoms with Gasteiger partial charge in [-0.15, -0.1) is 0 Å². The number of carbonyl (C=O) groups is 1. The number of nitrogens with one attached hydrogen (secondary N) is 1. The molecule has 2 heterocycles. The van der Waals surface area contributed by atoms with Crippen molar-refractivity contribution in [1.29, 1.82) is 0 Å². The summed E-state index contributed by atoms with van der Waals surface area (Å²) in [5.41, 5.74) is 0.788. The number of piperazine rings is 1. The normalized spacial score (nSPS) is 17.4. The van der Waals surface area contributed by atoms with Gasteiger partial charge in [0, 0.05) is 35.1 Å². The van der Waals surface area contributed by atoms with Gasteiger partial charge in [-0.1, -0.05) is 15.9 Å². The zero-order chi connectivity index (χ0) is 17.8. The monoisotopic (exact) mass is 469 g/mol. The van der Waals surface area contributed by atoms with Crippen molar-refractivity contribution in [3.05, 3.63) is 51.3 Å². The Balaban J connectivity index is 1.51. The molecule has 0 radical (unpaired) electrons. The van der Waals surface area contributed by atoms with Gasteiger partial charge in [0.2, 0.25) is 5.91 Å². The highest BCUT2D eigenvalue weighted by atomic mass is 79.9. The predicted octanol–water partition coefficient (Wildman–Crippen LogP) is 3.95. The number of anilines is 1. The third-order valence-electron chi connectivity index (χ3n) is 4.48. The number of rotatable bonds is 5. The van der Waals surface area contributed by atoms with Crippen molar-refractivity contribution in [2.24, 2.45) is 0 Å². The van der Waals surface area contributed by atoms with Gasteiger partial charge in [0.15, 0.2) is 0 Å². The average molecular weight is 471 g/mol. The Hall–Kier alpha value is -1.15. The van der Waals surface area contributed by atoms with E-state index in [0.29, 0.717) is 0 Å². The largest absolute Gasteiger partial charge is 0.468 e. The topological polar surface area (TPSA) is 48.7 Å². The van der Waals surface area contributed by atoms with Crippen LogP contribution >= 0.6 is 31.9 Å². The van der Waals surface area contributed by atoms with Gasteiger partial charge in [-0.05, 0) is 53.2 Å². The molecule has 1 aliphatic rings. The number of halogens is 2. The molecule has 134 valence electrons. The highest BCUT2D eigenvalue weighted by molar-refractivity contribution is 9.11. The van der Waals surface area contributed by atoms with Crippen molar-refractivity contribution in [2.75, 3.05) is 31.5 Å². The number of nitrogens with zero attached hydrogens (tertiary/aromatic N) is 2. The van der Waals surface area contributed by atoms with Crippen LogP contribution < -0.4 is 5.32 Å². The molecule has 0 bridgehead atoms. The fourth-order valence-electron chi connectivity index (χ4n) is 2.93. The second-order valence-electron chi connectivity index (χ2n) is 6.18. The molecular formula is C18H21Br2N3O2. The molecule has 1 amide bonds. The second kappa shape index (κ2) is 8.49. The van der Waals surface area contributed by atoms with Gasteiger partial charge in [-0.25, -0.2) is 0 Å². The first kappa shape index (κ1) is 18.6. The molecule has 1 aliphatic heterocycles. The summed E-state index contributed by atoms with van der Waals surface area (Å²) in [5.74, 6) is 1.00. The molecule has 1 saturated heterocycles. The van der Waals surface area contributed by atoms with Gasteiger partial charge < -0.3 is 9.73 Å². The van der Waals surface area contributed by atoms with Crippen LogP contribution in [0.15, 0.2) is 50.0 Å². The molecule has 1 unspecified atom stereocenters. The first-order valence-corrected chi connectivity index (χ1v) is 9.86. The lowest BCUT2D eigenvalue weighted by Crippen LogP contribution is -2.52. The summed E-state index contributed by atoms with van der Waals surface area (Å²) in [4.78, 5) is 17.1. The van der Waals surface area contributed by atoms with E-state index in [2.05, 4.69) is 47.0 Å². The molecule has 0 saturated carbocycles. The summed E-state index contributed by atoms with van der Waals surface area (Å²) in [6.07, 6.45) is 1.71. The number of carbonyl (C=O) groups excluding carboxylic acids is 1. The van der Waals surface area contributed by atoms with Crippen LogP contribution in [0.5, 0.6) is 0 Å². The van der Waals surface area contributed by atoms with Crippen LogP contribution in [0.1, 0.15) is 12.7 Å². The molecule has 1 fully saturated rings. The Labute approximate surface area is 164 Å². The Morgan fingerprint density at radius 3 is 2.64 bits per heavy atom. The second-order valence-corrected chi connectivity index (χ2v) is 7.95. The number of amides is 1. The summed E-state index contributed by atoms with van der Waals surface area (Å²) in [6, 6.07) is 9.48. The maximum Gasteiger partial charge on any atom is 0.241 e. The molecule has 2 aromatic rings. The molecule has 0 aliphatic carbocycles. The van der Waals surface area contributed by atoms with E-state index in [1.807, 2.05) is 37.3 Å². The zero-order valence-corrected chi connectivity index (χ0v) is 17.2. The van der Waals surface area contributed by atoms with Crippen molar-refractivity contribution in [3.63, 3.8) is 0 Å². The van der Waals surface area contributed by atoms with Crippen LogP contribution in [0.3, 0.4) is 0 Å². The minimum atomic E-state index is -0.165. The third-order valence-corrected chi connectivity index (χ3v) is 5.63. The van der Waals surface area contributed by atoms with Crippen LogP contribution in [0.4, 0.5) is 5.69 Å². The maximum atomic E-state index is 12.6. The van der Waals surface area contributed by atoms with Crippen molar-refractivity contribution in [1.82, 2.24) is 9.80 Å². The molecule has 0 spiro atoms. The standard InChI is InChI=1S/C18H21Br2N3O2/c1-13(18(24)21-17-5-4-14(19)11-16(17)20)23-8-6-22(7-9-23)12-15-3-2-10-25-15/h2-5,10-11,13H,6-9,12H2,1H3,(H,21,24). The van der Waals surface area contributed by atoms with E-state index >= 15 is 0 Å². The summed E-state index contributed by atoms with van der Waals surface area (Å²) in [6.45, 7) is 6.39. The maximum absolute atomic E-state index is 12.6. The number of furan rings is 1. The van der Waals surface area contributed by atoms with Gasteiger partial charge in [0.1, 0.15) is 5.76 Å². The average Bonchev–Trinajstić information content (AvgIpc) is 3.10. The molecule has 1 atom stereocenters. The van der Waals surface area contributed by atoms with Crippen LogP contribution in [0.25, 0.3) is 0 Å². The predicted molar refractivity (Wildman–Crippen MR) is 105 cm³/mol. The van der Waals surface area contributed by atoms with Gasteiger partial charge in [0.25, 0.3) is 0 Å². The fraction of sp³-hybridized carbons (Fsp3) is 0.389. The van der Waals surface area contributed by atoms with Gasteiger partial charge in [-0.3, -0.25) is 14.6 Å². The lowest BCUT2D eigenvalue weighted by molar-refractivity contribution is -0.121. The lowest BCUT2D eigenvalue weighted by Gasteiger charge is -2.37. The number of hydrogen-bond donors (Lipinski definition) is 1. The van der Waals surface area contributed by atoms with E-state index in [9.17, 15) is 4.79 Å². The number of benzene rings is 1. The summed E-state index contributed by atoms with van der Waals surface area (Å²) in [7, 11) is 0. The molecule has 3 rings (SSSR count). The van der Waals surface area contributed by atoms with Gasteiger partial charge in [0.05, 0.1) is 24.5 Å². The molecule has 1 aromatic heterocycles. The van der Waals surface area contributed by atoms with Crippen LogP contribution in [-0.2, 0) is 11.3 Å². The first-order chi connectivity index (χ1) is 12.0. The number of hydrogen-bond acceptors (Lipinski definition) is 4. The lowest BCUT2D eigenvalue weighted by atomic mass is 10.2. The SMILES string of the molecule is CC(C(=O)Nc1ccc(Br)cc1Br)N1CCN(Cc2ccco2)CC1. The first-order valence-electron chi connectivity index (χ1n) is 8.27. The Kier molecular flexibility index (Phi) is 6.33. The van der Waals surface area contributed by atoms with Crippen LogP contribution in [0.2, 0.25) is 0 Å². The third kappa shape index (κ3) is 4.94. The van der Waals surface area contributed by atoms with Gasteiger partial charge >= 0.3 is 0 Å². The molecule has 5 nitrogen and oxygen atoms in total. The highest BCUT2D eigenvalue weighted by Gasteiger charge is 2.26. The Bertz CT molecular complexity index is 713. The van der Waals surface area contributed by atoms with Crippen molar-refractivity contribution in [3.8, 4) is 0 Å². The fourth-order valence-corrected chi connectivity index (χ4v) is 4.07. The summed E-state index contributed by atoms with van der Waals surface area (Å²) < 4.78 is 7.24. The van der Waals surface area contributed by atoms with Crippen LogP contribution in [0, 0.1) is 0 Å². The molecule has 1 aromatic carbocycles. The highest BCUT2D eigenvalue weighted by Crippen LogP contribution is 2.26. The van der Waals surface area contributed by atoms with E-state index in [1.54, 1.807) is 6.26 Å². The minimum absolute atomic E-state index is 0.0162. The molecule has 1 N–H and O–H groups in total. The minimum Gasteiger partial charge on any atom is -0.468 e. The van der Waals surface area contributed by atoms with Crippen molar-refractivity contribution in [2.45, 2.75) is 19.5 Å². The summed E-state index contributed by atoms with van der Waals surface area (Å²) in [5, 5.41) is 3.01. The van der Waals surface area contributed by atoms with Crippen molar-refractivity contribution < 1.29 is 9.21 Å². The summed E-state index contributed by atoms with van der Waals surface area (Å²) >= 11 is 6.90. The Morgan fingerprint density at radius 2 is 2.00 bits per heavy atom. The van der Waals surface area contributed by atoms with Crippen LogP contribution in [-0.4, -0.2) is 47.9 Å². The zero-order valence-electron chi connectivity index (χ0n) is 14.0. The molecule has 25 heavy (non-hydrogen) atoms. The Morgan fingerprint density at radius 1 is 1.24 bits per heavy atom. The van der Waals surface area contributed by atoms with E-state index in [1.165, 1.54) is 0 Å². The van der Waals surface area contributed by atoms with E-state index in [0.717, 1.165) is 53.1 Å². The molecule has 7 heteroatoms. The van der Waals surface area contributed by atoms with Crippen molar-refractivity contribution >= 4 is 43.5 Å². The molecular weight excluding hydrogens is 450 g/mol. The van der Waals surface area contributed by atoms with Gasteiger partial charge in [-0.2, -0.15) is 0 Å². The smallest absolute Gasteiger partial charge is 0.241 e.